The fraction of sp³-hybridized carbons (Fsp3) is 0.200. The van der Waals surface area contributed by atoms with Crippen LogP contribution in [-0.4, -0.2) is 30.3 Å². The number of ether oxygens (including phenoxy) is 1. The SMILES string of the molecule is CCCCOC(=O)c1ccc(N2C(=O)C(Cl)=C(Nc3ccc(C(=O)NC(C)c4ccccc4)cc3)C2=O)cc1. The van der Waals surface area contributed by atoms with Crippen molar-refractivity contribution in [3.63, 3.8) is 0 Å². The zero-order valence-electron chi connectivity index (χ0n) is 21.6. The molecular weight excluding hydrogens is 518 g/mol. The Labute approximate surface area is 231 Å². The van der Waals surface area contributed by atoms with Gasteiger partial charge >= 0.3 is 5.97 Å². The lowest BCUT2D eigenvalue weighted by molar-refractivity contribution is -0.120. The lowest BCUT2D eigenvalue weighted by Gasteiger charge is -2.16. The number of hydrogen-bond acceptors (Lipinski definition) is 6. The van der Waals surface area contributed by atoms with Crippen LogP contribution in [0, 0.1) is 0 Å². The largest absolute Gasteiger partial charge is 0.462 e. The van der Waals surface area contributed by atoms with Crippen LogP contribution in [0.2, 0.25) is 0 Å². The minimum Gasteiger partial charge on any atom is -0.462 e. The summed E-state index contributed by atoms with van der Waals surface area (Å²) in [5.74, 6) is -2.04. The maximum atomic E-state index is 13.1. The summed E-state index contributed by atoms with van der Waals surface area (Å²) >= 11 is 6.23. The molecule has 0 aromatic heterocycles. The first-order valence-corrected chi connectivity index (χ1v) is 13.0. The van der Waals surface area contributed by atoms with Crippen molar-refractivity contribution < 1.29 is 23.9 Å². The molecule has 0 bridgehead atoms. The molecular formula is C30H28ClN3O5. The van der Waals surface area contributed by atoms with E-state index in [0.29, 0.717) is 23.4 Å². The molecule has 1 aliphatic rings. The fourth-order valence-corrected chi connectivity index (χ4v) is 4.15. The highest BCUT2D eigenvalue weighted by atomic mass is 35.5. The minimum atomic E-state index is -0.687. The number of anilines is 2. The van der Waals surface area contributed by atoms with E-state index in [-0.39, 0.29) is 28.4 Å². The number of nitrogens with zero attached hydrogens (tertiary/aromatic N) is 1. The average molecular weight is 546 g/mol. The van der Waals surface area contributed by atoms with Gasteiger partial charge in [-0.05, 0) is 67.4 Å². The maximum Gasteiger partial charge on any atom is 0.338 e. The summed E-state index contributed by atoms with van der Waals surface area (Å²) in [6.07, 6.45) is 1.67. The summed E-state index contributed by atoms with van der Waals surface area (Å²) in [5, 5.41) is 5.58. The number of halogens is 1. The zero-order chi connectivity index (χ0) is 27.9. The second-order valence-electron chi connectivity index (χ2n) is 8.98. The van der Waals surface area contributed by atoms with Gasteiger partial charge in [0.2, 0.25) is 0 Å². The van der Waals surface area contributed by atoms with Gasteiger partial charge in [-0.1, -0.05) is 55.3 Å². The molecule has 0 saturated heterocycles. The molecule has 3 aromatic rings. The summed E-state index contributed by atoms with van der Waals surface area (Å²) in [4.78, 5) is 51.6. The number of carbonyl (C=O) groups is 4. The van der Waals surface area contributed by atoms with Crippen molar-refractivity contribution in [1.29, 1.82) is 0 Å². The van der Waals surface area contributed by atoms with Crippen molar-refractivity contribution in [1.82, 2.24) is 5.32 Å². The van der Waals surface area contributed by atoms with Gasteiger partial charge in [0.15, 0.2) is 0 Å². The third-order valence-electron chi connectivity index (χ3n) is 6.18. The van der Waals surface area contributed by atoms with Crippen molar-refractivity contribution in [3.8, 4) is 0 Å². The average Bonchev–Trinajstić information content (AvgIpc) is 3.16. The van der Waals surface area contributed by atoms with Crippen LogP contribution in [0.1, 0.15) is 59.0 Å². The van der Waals surface area contributed by atoms with Crippen LogP contribution in [0.4, 0.5) is 11.4 Å². The Kier molecular flexibility index (Phi) is 8.78. The molecule has 8 nitrogen and oxygen atoms in total. The molecule has 0 fully saturated rings. The Morgan fingerprint density at radius 1 is 0.897 bits per heavy atom. The highest BCUT2D eigenvalue weighted by Gasteiger charge is 2.39. The van der Waals surface area contributed by atoms with Crippen LogP contribution in [0.5, 0.6) is 0 Å². The lowest BCUT2D eigenvalue weighted by Crippen LogP contribution is -2.32. The second kappa shape index (κ2) is 12.4. The van der Waals surface area contributed by atoms with Crippen LogP contribution in [0.25, 0.3) is 0 Å². The number of hydrogen-bond donors (Lipinski definition) is 2. The topological polar surface area (TPSA) is 105 Å². The predicted molar refractivity (Wildman–Crippen MR) is 149 cm³/mol. The van der Waals surface area contributed by atoms with E-state index in [1.807, 2.05) is 44.2 Å². The zero-order valence-corrected chi connectivity index (χ0v) is 22.3. The number of carbonyl (C=O) groups excluding carboxylic acids is 4. The number of unbranched alkanes of at least 4 members (excludes halogenated alkanes) is 1. The number of nitrogens with one attached hydrogen (secondary N) is 2. The van der Waals surface area contributed by atoms with Gasteiger partial charge in [0, 0.05) is 11.3 Å². The molecule has 0 radical (unpaired) electrons. The normalized spacial score (nSPS) is 13.9. The molecule has 2 N–H and O–H groups in total. The number of amides is 3. The van der Waals surface area contributed by atoms with Crippen molar-refractivity contribution in [2.75, 3.05) is 16.8 Å². The van der Waals surface area contributed by atoms with Gasteiger partial charge in [-0.15, -0.1) is 0 Å². The van der Waals surface area contributed by atoms with Gasteiger partial charge in [-0.3, -0.25) is 14.4 Å². The first kappa shape index (κ1) is 27.6. The fourth-order valence-electron chi connectivity index (χ4n) is 3.94. The Balaban J connectivity index is 1.40. The van der Waals surface area contributed by atoms with E-state index in [2.05, 4.69) is 10.6 Å². The van der Waals surface area contributed by atoms with Gasteiger partial charge < -0.3 is 15.4 Å². The van der Waals surface area contributed by atoms with Gasteiger partial charge in [-0.2, -0.15) is 0 Å². The predicted octanol–water partition coefficient (Wildman–Crippen LogP) is 5.57. The van der Waals surface area contributed by atoms with Crippen LogP contribution in [0.15, 0.2) is 89.6 Å². The Morgan fingerprint density at radius 3 is 2.18 bits per heavy atom. The molecule has 4 rings (SSSR count). The first-order chi connectivity index (χ1) is 18.8. The number of imide groups is 1. The summed E-state index contributed by atoms with van der Waals surface area (Å²) in [6.45, 7) is 4.23. The van der Waals surface area contributed by atoms with Crippen LogP contribution in [-0.2, 0) is 14.3 Å². The van der Waals surface area contributed by atoms with E-state index >= 15 is 0 Å². The quantitative estimate of drug-likeness (QED) is 0.196. The number of benzene rings is 3. The van der Waals surface area contributed by atoms with E-state index in [0.717, 1.165) is 23.3 Å². The van der Waals surface area contributed by atoms with E-state index in [9.17, 15) is 19.2 Å². The summed E-state index contributed by atoms with van der Waals surface area (Å²) in [7, 11) is 0. The molecule has 39 heavy (non-hydrogen) atoms. The van der Waals surface area contributed by atoms with Crippen LogP contribution >= 0.6 is 11.6 Å². The van der Waals surface area contributed by atoms with Gasteiger partial charge in [0.25, 0.3) is 17.7 Å². The number of esters is 1. The van der Waals surface area contributed by atoms with Crippen molar-refractivity contribution in [2.24, 2.45) is 0 Å². The smallest absolute Gasteiger partial charge is 0.338 e. The lowest BCUT2D eigenvalue weighted by atomic mass is 10.1. The maximum absolute atomic E-state index is 13.1. The van der Waals surface area contributed by atoms with E-state index in [1.54, 1.807) is 24.3 Å². The standard InChI is InChI=1S/C30H28ClN3O5/c1-3-4-18-39-30(38)22-12-16-24(17-13-22)34-28(36)25(31)26(29(34)37)33-23-14-10-21(11-15-23)27(35)32-19(2)20-8-6-5-7-9-20/h5-17,19,33H,3-4,18H2,1-2H3,(H,32,35). The van der Waals surface area contributed by atoms with E-state index in [4.69, 9.17) is 16.3 Å². The van der Waals surface area contributed by atoms with Gasteiger partial charge in [0.1, 0.15) is 10.7 Å². The van der Waals surface area contributed by atoms with Crippen molar-refractivity contribution in [3.05, 3.63) is 106 Å². The molecule has 1 unspecified atom stereocenters. The minimum absolute atomic E-state index is 0.0837. The molecule has 1 heterocycles. The Morgan fingerprint density at radius 2 is 1.54 bits per heavy atom. The molecule has 3 amide bonds. The van der Waals surface area contributed by atoms with Crippen molar-refractivity contribution in [2.45, 2.75) is 32.7 Å². The summed E-state index contributed by atoms with van der Waals surface area (Å²) in [5.41, 5.74) is 2.40. The molecule has 1 atom stereocenters. The van der Waals surface area contributed by atoms with Gasteiger partial charge in [0.05, 0.1) is 23.9 Å². The summed E-state index contributed by atoms with van der Waals surface area (Å²) < 4.78 is 5.19. The van der Waals surface area contributed by atoms with Gasteiger partial charge in [-0.25, -0.2) is 9.69 Å². The molecule has 1 aliphatic heterocycles. The van der Waals surface area contributed by atoms with E-state index in [1.165, 1.54) is 24.3 Å². The highest BCUT2D eigenvalue weighted by molar-refractivity contribution is 6.53. The molecule has 3 aromatic carbocycles. The van der Waals surface area contributed by atoms with E-state index < -0.39 is 17.8 Å². The summed E-state index contributed by atoms with van der Waals surface area (Å²) in [6, 6.07) is 21.9. The first-order valence-electron chi connectivity index (χ1n) is 12.6. The molecule has 200 valence electrons. The Hall–Kier alpha value is -4.43. The third kappa shape index (κ3) is 6.35. The molecule has 0 saturated carbocycles. The molecule has 0 aliphatic carbocycles. The van der Waals surface area contributed by atoms with Crippen LogP contribution in [0.3, 0.4) is 0 Å². The van der Waals surface area contributed by atoms with Crippen molar-refractivity contribution >= 4 is 46.7 Å². The molecule has 9 heteroatoms. The second-order valence-corrected chi connectivity index (χ2v) is 9.36. The highest BCUT2D eigenvalue weighted by Crippen LogP contribution is 2.30. The Bertz CT molecular complexity index is 1400. The number of rotatable bonds is 10. The third-order valence-corrected chi connectivity index (χ3v) is 6.53. The molecule has 0 spiro atoms. The monoisotopic (exact) mass is 545 g/mol. The van der Waals surface area contributed by atoms with Crippen LogP contribution < -0.4 is 15.5 Å².